The molecule has 248 valence electrons. The van der Waals surface area contributed by atoms with Crippen LogP contribution in [0.15, 0.2) is 60.7 Å². The van der Waals surface area contributed by atoms with E-state index >= 15 is 0 Å². The first kappa shape index (κ1) is 35.0. The summed E-state index contributed by atoms with van der Waals surface area (Å²) in [7, 11) is -0.363. The van der Waals surface area contributed by atoms with Gasteiger partial charge in [0.25, 0.3) is 0 Å². The second-order valence-corrected chi connectivity index (χ2v) is 13.1. The number of aliphatic hydroxyl groups excluding tert-OH is 2. The van der Waals surface area contributed by atoms with Crippen LogP contribution in [0, 0.1) is 0 Å². The molecule has 6 rings (SSSR count). The van der Waals surface area contributed by atoms with Crippen LogP contribution in [-0.2, 0) is 29.5 Å². The van der Waals surface area contributed by atoms with E-state index in [4.69, 9.17) is 27.0 Å². The standard InChI is InChI=1S/2C16H21NO3.H2O4S/c2*1-17-12-7-8-13(17)10-14(9-12)20-16(19)15(18)11-5-3-2-4-6-11;1-5(2,3)4/h2*2-6,12-15,18H,7-10H2,1H3;(H2,1,2,3,4). The van der Waals surface area contributed by atoms with Gasteiger partial charge in [0.05, 0.1) is 0 Å². The van der Waals surface area contributed by atoms with Gasteiger partial charge in [-0.3, -0.25) is 9.11 Å². The minimum absolute atomic E-state index is 0.0467. The first-order valence-corrected chi connectivity index (χ1v) is 16.7. The third kappa shape index (κ3) is 10.0. The van der Waals surface area contributed by atoms with Crippen molar-refractivity contribution >= 4 is 22.3 Å². The average molecular weight is 649 g/mol. The van der Waals surface area contributed by atoms with Gasteiger partial charge in [-0.1, -0.05) is 60.7 Å². The minimum atomic E-state index is -4.67. The maximum absolute atomic E-state index is 12.0. The molecule has 0 radical (unpaired) electrons. The molecule has 4 bridgehead atoms. The minimum Gasteiger partial charge on any atom is -0.460 e. The van der Waals surface area contributed by atoms with E-state index in [1.165, 1.54) is 25.7 Å². The number of esters is 2. The molecule has 6 atom stereocenters. The monoisotopic (exact) mass is 648 g/mol. The largest absolute Gasteiger partial charge is 0.460 e. The maximum atomic E-state index is 12.0. The lowest BCUT2D eigenvalue weighted by Crippen LogP contribution is -2.43. The molecule has 4 saturated heterocycles. The maximum Gasteiger partial charge on any atom is 0.394 e. The normalized spacial score (nSPS) is 28.8. The van der Waals surface area contributed by atoms with E-state index in [-0.39, 0.29) is 12.2 Å². The first-order chi connectivity index (χ1) is 21.3. The van der Waals surface area contributed by atoms with E-state index in [1.807, 2.05) is 36.4 Å². The van der Waals surface area contributed by atoms with E-state index in [0.29, 0.717) is 35.3 Å². The number of piperidine rings is 2. The highest BCUT2D eigenvalue weighted by Gasteiger charge is 2.41. The molecule has 4 N–H and O–H groups in total. The molecule has 12 nitrogen and oxygen atoms in total. The predicted octanol–water partition coefficient (Wildman–Crippen LogP) is 3.12. The number of rotatable bonds is 6. The summed E-state index contributed by atoms with van der Waals surface area (Å²) in [6.45, 7) is 0. The summed E-state index contributed by atoms with van der Waals surface area (Å²) in [5.41, 5.74) is 1.18. The Bertz CT molecular complexity index is 1240. The fourth-order valence-corrected chi connectivity index (χ4v) is 6.92. The Kier molecular flexibility index (Phi) is 12.1. The summed E-state index contributed by atoms with van der Waals surface area (Å²) in [6.07, 6.45) is 5.88. The molecule has 0 amide bonds. The molecule has 4 fully saturated rings. The smallest absolute Gasteiger partial charge is 0.394 e. The Morgan fingerprint density at radius 1 is 0.644 bits per heavy atom. The van der Waals surface area contributed by atoms with E-state index in [0.717, 1.165) is 25.7 Å². The van der Waals surface area contributed by atoms with Crippen molar-refractivity contribution in [2.45, 2.75) is 99.9 Å². The fourth-order valence-electron chi connectivity index (χ4n) is 6.92. The molecule has 0 spiro atoms. The van der Waals surface area contributed by atoms with Crippen molar-refractivity contribution in [2.24, 2.45) is 0 Å². The lowest BCUT2D eigenvalue weighted by Gasteiger charge is -2.36. The number of hydrogen-bond acceptors (Lipinski definition) is 10. The fraction of sp³-hybridized carbons (Fsp3) is 0.562. The van der Waals surface area contributed by atoms with Crippen LogP contribution >= 0.6 is 0 Å². The summed E-state index contributed by atoms with van der Waals surface area (Å²) in [4.78, 5) is 28.9. The van der Waals surface area contributed by atoms with Crippen LogP contribution in [-0.4, -0.2) is 99.9 Å². The van der Waals surface area contributed by atoms with Gasteiger partial charge in [0.15, 0.2) is 12.2 Å². The molecule has 4 aliphatic heterocycles. The zero-order chi connectivity index (χ0) is 32.7. The van der Waals surface area contributed by atoms with Crippen molar-refractivity contribution in [1.29, 1.82) is 0 Å². The van der Waals surface area contributed by atoms with E-state index in [2.05, 4.69) is 23.9 Å². The van der Waals surface area contributed by atoms with E-state index < -0.39 is 34.5 Å². The van der Waals surface area contributed by atoms with Crippen molar-refractivity contribution in [2.75, 3.05) is 14.1 Å². The van der Waals surface area contributed by atoms with Crippen LogP contribution in [0.25, 0.3) is 0 Å². The number of carbonyl (C=O) groups is 2. The molecule has 2 aromatic rings. The summed E-state index contributed by atoms with van der Waals surface area (Å²) in [5.74, 6) is -1.05. The Morgan fingerprint density at radius 3 is 1.18 bits per heavy atom. The molecule has 2 aromatic carbocycles. The molecular formula is C32H44N2O10S. The molecule has 0 aliphatic carbocycles. The highest BCUT2D eigenvalue weighted by atomic mass is 32.3. The van der Waals surface area contributed by atoms with Crippen LogP contribution in [0.4, 0.5) is 0 Å². The summed E-state index contributed by atoms with van der Waals surface area (Å²) in [5, 5.41) is 20.1. The van der Waals surface area contributed by atoms with E-state index in [9.17, 15) is 19.8 Å². The quantitative estimate of drug-likeness (QED) is 0.267. The first-order valence-electron chi connectivity index (χ1n) is 15.3. The van der Waals surface area contributed by atoms with Crippen LogP contribution < -0.4 is 0 Å². The SMILES string of the molecule is CN1C2CCC1CC(OC(=O)C(O)c1ccccc1)C2.CN1C2CCC1CC(OC(=O)C(O)c1ccccc1)C2.O=S(=O)(O)O. The van der Waals surface area contributed by atoms with Crippen molar-refractivity contribution in [1.82, 2.24) is 9.80 Å². The number of hydrogen-bond donors (Lipinski definition) is 4. The number of nitrogens with zero attached hydrogens (tertiary/aromatic N) is 2. The second-order valence-electron chi connectivity index (χ2n) is 12.2. The van der Waals surface area contributed by atoms with Gasteiger partial charge in [-0.05, 0) is 76.6 Å². The van der Waals surface area contributed by atoms with Gasteiger partial charge < -0.3 is 29.5 Å². The van der Waals surface area contributed by atoms with Crippen LogP contribution in [0.2, 0.25) is 0 Å². The van der Waals surface area contributed by atoms with Crippen LogP contribution in [0.5, 0.6) is 0 Å². The Balaban J connectivity index is 0.000000179. The summed E-state index contributed by atoms with van der Waals surface area (Å²) >= 11 is 0. The number of aliphatic hydroxyl groups is 2. The van der Waals surface area contributed by atoms with Gasteiger partial charge in [0.2, 0.25) is 0 Å². The molecular weight excluding hydrogens is 604 g/mol. The lowest BCUT2D eigenvalue weighted by molar-refractivity contribution is -0.163. The molecule has 13 heteroatoms. The van der Waals surface area contributed by atoms with Gasteiger partial charge >= 0.3 is 22.3 Å². The van der Waals surface area contributed by atoms with Crippen LogP contribution in [0.3, 0.4) is 0 Å². The molecule has 6 unspecified atom stereocenters. The van der Waals surface area contributed by atoms with Gasteiger partial charge in [0.1, 0.15) is 12.2 Å². The molecule has 4 aliphatic rings. The summed E-state index contributed by atoms with van der Waals surface area (Å²) in [6, 6.07) is 20.0. The predicted molar refractivity (Wildman–Crippen MR) is 164 cm³/mol. The topological polar surface area (TPSA) is 174 Å². The Labute approximate surface area is 264 Å². The molecule has 45 heavy (non-hydrogen) atoms. The van der Waals surface area contributed by atoms with Crippen LogP contribution in [0.1, 0.15) is 74.7 Å². The van der Waals surface area contributed by atoms with E-state index in [1.54, 1.807) is 24.3 Å². The lowest BCUT2D eigenvalue weighted by atomic mass is 10.0. The highest BCUT2D eigenvalue weighted by Crippen LogP contribution is 2.37. The van der Waals surface area contributed by atoms with Gasteiger partial charge in [-0.15, -0.1) is 0 Å². The number of carbonyl (C=O) groups excluding carboxylic acids is 2. The molecule has 0 aromatic heterocycles. The Hall–Kier alpha value is -2.91. The molecule has 0 saturated carbocycles. The summed E-state index contributed by atoms with van der Waals surface area (Å²) < 4.78 is 42.6. The second kappa shape index (κ2) is 15.6. The van der Waals surface area contributed by atoms with Crippen molar-refractivity contribution in [3.05, 3.63) is 71.8 Å². The van der Waals surface area contributed by atoms with Gasteiger partial charge in [-0.2, -0.15) is 8.42 Å². The van der Waals surface area contributed by atoms with Crippen molar-refractivity contribution in [3.8, 4) is 0 Å². The average Bonchev–Trinajstić information content (AvgIpc) is 3.32. The highest BCUT2D eigenvalue weighted by molar-refractivity contribution is 7.79. The van der Waals surface area contributed by atoms with Crippen molar-refractivity contribution < 1.29 is 46.8 Å². The Morgan fingerprint density at radius 2 is 0.911 bits per heavy atom. The third-order valence-electron chi connectivity index (χ3n) is 9.35. The van der Waals surface area contributed by atoms with Gasteiger partial charge in [-0.25, -0.2) is 9.59 Å². The number of fused-ring (bicyclic) bond motifs is 4. The van der Waals surface area contributed by atoms with Gasteiger partial charge in [0, 0.05) is 24.2 Å². The number of benzene rings is 2. The number of ether oxygens (including phenoxy) is 2. The molecule has 4 heterocycles. The third-order valence-corrected chi connectivity index (χ3v) is 9.35. The zero-order valence-electron chi connectivity index (χ0n) is 25.6. The van der Waals surface area contributed by atoms with Crippen molar-refractivity contribution in [3.63, 3.8) is 0 Å². The zero-order valence-corrected chi connectivity index (χ0v) is 26.4.